The molecule has 1 aromatic carbocycles. The Morgan fingerprint density at radius 2 is 1.87 bits per heavy atom. The van der Waals surface area contributed by atoms with Crippen LogP contribution in [0.25, 0.3) is 0 Å². The number of nitriles is 1. The molecule has 30 heavy (non-hydrogen) atoms. The fourth-order valence-corrected chi connectivity index (χ4v) is 3.13. The second-order valence-corrected chi connectivity index (χ2v) is 8.38. The molecular weight excluding hydrogens is 405 g/mol. The van der Waals surface area contributed by atoms with Crippen LogP contribution in [0.5, 0.6) is 0 Å². The summed E-state index contributed by atoms with van der Waals surface area (Å²) in [7, 11) is 0. The average Bonchev–Trinajstić information content (AvgIpc) is 2.62. The number of carbonyl (C=O) groups is 2. The zero-order valence-corrected chi connectivity index (χ0v) is 18.9. The van der Waals surface area contributed by atoms with Gasteiger partial charge in [0.1, 0.15) is 11.9 Å². The monoisotopic (exact) mass is 431 g/mol. The van der Waals surface area contributed by atoms with Crippen LogP contribution in [0.4, 0.5) is 10.1 Å². The smallest absolute Gasteiger partial charge is 0.257 e. The van der Waals surface area contributed by atoms with E-state index >= 15 is 0 Å². The number of Topliss-reactive ketones (excluding diaryl/α,β-unsaturated/α-hetero) is 1. The standard InChI is InChI=1S/C23H27ClFN3O2/c1-8-18(21(29)15(4)28-23(5,6)7)13(2)20(14(3)24)22(30)27-17-9-10-19(25)16(11-17)12-26/h9-11,28H,4,8H2,1-3,5-7H3,(H,27,30)/b18-13+,20-14-. The summed E-state index contributed by atoms with van der Waals surface area (Å²) in [6, 6.07) is 5.39. The van der Waals surface area contributed by atoms with Crippen molar-refractivity contribution in [2.24, 2.45) is 0 Å². The lowest BCUT2D eigenvalue weighted by atomic mass is 9.94. The molecule has 0 fully saturated rings. The summed E-state index contributed by atoms with van der Waals surface area (Å²) in [5.41, 5.74) is 0.882. The topological polar surface area (TPSA) is 82.0 Å². The van der Waals surface area contributed by atoms with Crippen molar-refractivity contribution in [3.63, 3.8) is 0 Å². The molecule has 0 saturated heterocycles. The maximum Gasteiger partial charge on any atom is 0.257 e. The van der Waals surface area contributed by atoms with Gasteiger partial charge in [-0.05, 0) is 64.8 Å². The third-order valence-electron chi connectivity index (χ3n) is 4.17. The number of nitrogens with one attached hydrogen (secondary N) is 2. The SMILES string of the molecule is C=C(NC(C)(C)C)C(=O)/C(CC)=C(C)/C(C(=O)Nc1ccc(F)c(C#N)c1)=C(\C)Cl. The van der Waals surface area contributed by atoms with E-state index in [2.05, 4.69) is 17.2 Å². The van der Waals surface area contributed by atoms with Crippen molar-refractivity contribution in [1.82, 2.24) is 5.32 Å². The maximum absolute atomic E-state index is 13.5. The Bertz CT molecular complexity index is 975. The van der Waals surface area contributed by atoms with Gasteiger partial charge < -0.3 is 10.6 Å². The van der Waals surface area contributed by atoms with Gasteiger partial charge >= 0.3 is 0 Å². The van der Waals surface area contributed by atoms with Crippen LogP contribution in [0.1, 0.15) is 53.5 Å². The highest BCUT2D eigenvalue weighted by molar-refractivity contribution is 6.33. The molecule has 0 aliphatic carbocycles. The molecule has 0 heterocycles. The van der Waals surface area contributed by atoms with Gasteiger partial charge in [-0.3, -0.25) is 9.59 Å². The van der Waals surface area contributed by atoms with E-state index in [9.17, 15) is 14.0 Å². The van der Waals surface area contributed by atoms with Crippen molar-refractivity contribution in [2.75, 3.05) is 5.32 Å². The lowest BCUT2D eigenvalue weighted by Crippen LogP contribution is -2.37. The molecule has 0 bridgehead atoms. The number of anilines is 1. The maximum atomic E-state index is 13.5. The van der Waals surface area contributed by atoms with Crippen molar-refractivity contribution >= 4 is 29.0 Å². The van der Waals surface area contributed by atoms with Gasteiger partial charge in [0, 0.05) is 21.8 Å². The summed E-state index contributed by atoms with van der Waals surface area (Å²) in [6.07, 6.45) is 0.367. The molecule has 7 heteroatoms. The third-order valence-corrected chi connectivity index (χ3v) is 4.36. The van der Waals surface area contributed by atoms with Gasteiger partial charge in [0.05, 0.1) is 16.8 Å². The first-order valence-corrected chi connectivity index (χ1v) is 9.79. The van der Waals surface area contributed by atoms with E-state index in [4.69, 9.17) is 16.9 Å². The van der Waals surface area contributed by atoms with E-state index in [1.165, 1.54) is 12.1 Å². The van der Waals surface area contributed by atoms with E-state index in [1.807, 2.05) is 20.8 Å². The first-order chi connectivity index (χ1) is 13.8. The number of ketones is 1. The Hall–Kier alpha value is -2.91. The summed E-state index contributed by atoms with van der Waals surface area (Å²) in [5, 5.41) is 14.8. The predicted octanol–water partition coefficient (Wildman–Crippen LogP) is 5.35. The normalized spacial score (nSPS) is 12.9. The van der Waals surface area contributed by atoms with Gasteiger partial charge in [-0.2, -0.15) is 5.26 Å². The minimum atomic E-state index is -0.681. The van der Waals surface area contributed by atoms with Gasteiger partial charge in [0.15, 0.2) is 0 Å². The molecule has 0 unspecified atom stereocenters. The molecule has 1 amide bonds. The zero-order chi connectivity index (χ0) is 23.2. The summed E-state index contributed by atoms with van der Waals surface area (Å²) in [4.78, 5) is 25.8. The number of allylic oxidation sites excluding steroid dienone is 2. The fraction of sp³-hybridized carbons (Fsp3) is 0.348. The second kappa shape index (κ2) is 10.2. The fourth-order valence-electron chi connectivity index (χ4n) is 2.91. The molecule has 0 radical (unpaired) electrons. The molecule has 0 saturated carbocycles. The number of halogens is 2. The molecule has 1 rings (SSSR count). The quantitative estimate of drug-likeness (QED) is 0.450. The van der Waals surface area contributed by atoms with Crippen molar-refractivity contribution in [1.29, 1.82) is 5.26 Å². The molecule has 0 atom stereocenters. The summed E-state index contributed by atoms with van der Waals surface area (Å²) >= 11 is 6.20. The number of benzene rings is 1. The molecule has 5 nitrogen and oxygen atoms in total. The number of carbonyl (C=O) groups excluding carboxylic acids is 2. The lowest BCUT2D eigenvalue weighted by molar-refractivity contribution is -0.113. The number of nitrogens with zero attached hydrogens (tertiary/aromatic N) is 1. The van der Waals surface area contributed by atoms with Gasteiger partial charge in [-0.15, -0.1) is 0 Å². The van der Waals surface area contributed by atoms with Crippen LogP contribution in [0.15, 0.2) is 52.2 Å². The van der Waals surface area contributed by atoms with Crippen molar-refractivity contribution < 1.29 is 14.0 Å². The Labute approximate surface area is 182 Å². The zero-order valence-electron chi connectivity index (χ0n) is 18.2. The van der Waals surface area contributed by atoms with E-state index in [0.29, 0.717) is 17.6 Å². The number of amides is 1. The van der Waals surface area contributed by atoms with E-state index in [1.54, 1.807) is 26.8 Å². The summed E-state index contributed by atoms with van der Waals surface area (Å²) in [5.74, 6) is -1.55. The van der Waals surface area contributed by atoms with Crippen molar-refractivity contribution in [3.05, 3.63) is 63.6 Å². The van der Waals surface area contributed by atoms with Crippen LogP contribution in [0, 0.1) is 17.1 Å². The van der Waals surface area contributed by atoms with Crippen LogP contribution in [0.2, 0.25) is 0 Å². The molecular formula is C23H27ClFN3O2. The minimum Gasteiger partial charge on any atom is -0.378 e. The number of rotatable bonds is 7. The molecule has 0 spiro atoms. The van der Waals surface area contributed by atoms with Gasteiger partial charge in [0.2, 0.25) is 5.78 Å². The van der Waals surface area contributed by atoms with Crippen molar-refractivity contribution in [2.45, 2.75) is 53.5 Å². The van der Waals surface area contributed by atoms with E-state index in [0.717, 1.165) is 6.07 Å². The number of hydrogen-bond donors (Lipinski definition) is 2. The van der Waals surface area contributed by atoms with E-state index < -0.39 is 11.7 Å². The number of hydrogen-bond acceptors (Lipinski definition) is 4. The van der Waals surface area contributed by atoms with Crippen LogP contribution >= 0.6 is 11.6 Å². The Morgan fingerprint density at radius 3 is 2.33 bits per heavy atom. The Morgan fingerprint density at radius 1 is 1.27 bits per heavy atom. The van der Waals surface area contributed by atoms with Gasteiger partial charge in [0.25, 0.3) is 5.91 Å². The van der Waals surface area contributed by atoms with Gasteiger partial charge in [-0.25, -0.2) is 4.39 Å². The van der Waals surface area contributed by atoms with Crippen LogP contribution < -0.4 is 10.6 Å². The van der Waals surface area contributed by atoms with Crippen LogP contribution in [0.3, 0.4) is 0 Å². The highest BCUT2D eigenvalue weighted by Gasteiger charge is 2.24. The van der Waals surface area contributed by atoms with Crippen LogP contribution in [-0.4, -0.2) is 17.2 Å². The van der Waals surface area contributed by atoms with Gasteiger partial charge in [-0.1, -0.05) is 25.1 Å². The van der Waals surface area contributed by atoms with Crippen molar-refractivity contribution in [3.8, 4) is 6.07 Å². The second-order valence-electron chi connectivity index (χ2n) is 7.81. The Kier molecular flexibility index (Phi) is 8.56. The molecule has 2 N–H and O–H groups in total. The molecule has 1 aromatic rings. The first kappa shape index (κ1) is 25.1. The highest BCUT2D eigenvalue weighted by Crippen LogP contribution is 2.26. The molecule has 0 aromatic heterocycles. The molecule has 0 aliphatic rings. The largest absolute Gasteiger partial charge is 0.378 e. The first-order valence-electron chi connectivity index (χ1n) is 9.41. The summed E-state index contributed by atoms with van der Waals surface area (Å²) in [6.45, 7) is 14.6. The minimum absolute atomic E-state index is 0.133. The predicted molar refractivity (Wildman–Crippen MR) is 118 cm³/mol. The Balaban J connectivity index is 3.31. The third kappa shape index (κ3) is 6.57. The summed E-state index contributed by atoms with van der Waals surface area (Å²) < 4.78 is 13.5. The van der Waals surface area contributed by atoms with Crippen LogP contribution in [-0.2, 0) is 9.59 Å². The average molecular weight is 432 g/mol. The molecule has 0 aliphatic heterocycles. The highest BCUT2D eigenvalue weighted by atomic mass is 35.5. The van der Waals surface area contributed by atoms with E-state index in [-0.39, 0.29) is 38.9 Å². The lowest BCUT2D eigenvalue weighted by Gasteiger charge is -2.24. The molecule has 160 valence electrons.